The van der Waals surface area contributed by atoms with E-state index in [0.29, 0.717) is 11.3 Å². The zero-order valence-electron chi connectivity index (χ0n) is 11.1. The van der Waals surface area contributed by atoms with Crippen LogP contribution in [-0.4, -0.2) is 25.5 Å². The van der Waals surface area contributed by atoms with E-state index < -0.39 is 10.0 Å². The number of methoxy groups -OCH3 is 1. The normalized spacial score (nSPS) is 11.2. The lowest BCUT2D eigenvalue weighted by Crippen LogP contribution is -2.14. The van der Waals surface area contributed by atoms with E-state index in [-0.39, 0.29) is 20.9 Å². The van der Waals surface area contributed by atoms with Crippen LogP contribution in [0.2, 0.25) is 10.2 Å². The lowest BCUT2D eigenvalue weighted by Gasteiger charge is -2.11. The summed E-state index contributed by atoms with van der Waals surface area (Å²) in [6.07, 6.45) is 1.12. The van der Waals surface area contributed by atoms with Crippen molar-refractivity contribution in [2.75, 3.05) is 11.8 Å². The SMILES string of the molecule is COc1ccc(S(=O)(=O)Nc2ncnc(Cl)c2Cl)cc1C. The number of ether oxygens (including phenoxy) is 1. The van der Waals surface area contributed by atoms with Gasteiger partial charge in [0.1, 0.15) is 17.1 Å². The second kappa shape index (κ2) is 6.05. The topological polar surface area (TPSA) is 81.2 Å². The lowest BCUT2D eigenvalue weighted by atomic mass is 10.2. The van der Waals surface area contributed by atoms with Crippen molar-refractivity contribution in [1.29, 1.82) is 0 Å². The molecule has 2 rings (SSSR count). The van der Waals surface area contributed by atoms with Gasteiger partial charge in [0.25, 0.3) is 10.0 Å². The summed E-state index contributed by atoms with van der Waals surface area (Å²) in [6, 6.07) is 4.47. The Kier molecular flexibility index (Phi) is 4.55. The van der Waals surface area contributed by atoms with Crippen molar-refractivity contribution >= 4 is 39.0 Å². The summed E-state index contributed by atoms with van der Waals surface area (Å²) in [6.45, 7) is 1.74. The predicted octanol–water partition coefficient (Wildman–Crippen LogP) is 2.90. The van der Waals surface area contributed by atoms with Crippen LogP contribution in [0.15, 0.2) is 29.4 Å². The molecular formula is C12H11Cl2N3O3S. The Morgan fingerprint density at radius 1 is 1.24 bits per heavy atom. The first-order valence-electron chi connectivity index (χ1n) is 5.68. The Morgan fingerprint density at radius 2 is 1.95 bits per heavy atom. The smallest absolute Gasteiger partial charge is 0.263 e. The van der Waals surface area contributed by atoms with Gasteiger partial charge in [0.15, 0.2) is 11.0 Å². The molecule has 0 saturated heterocycles. The molecule has 9 heteroatoms. The maximum absolute atomic E-state index is 12.3. The molecule has 0 spiro atoms. The summed E-state index contributed by atoms with van der Waals surface area (Å²) in [4.78, 5) is 7.48. The third-order valence-electron chi connectivity index (χ3n) is 2.65. The van der Waals surface area contributed by atoms with Gasteiger partial charge in [-0.1, -0.05) is 23.2 Å². The number of nitrogens with zero attached hydrogens (tertiary/aromatic N) is 2. The highest BCUT2D eigenvalue weighted by Gasteiger charge is 2.19. The summed E-state index contributed by atoms with van der Waals surface area (Å²) in [5.74, 6) is 0.516. The molecule has 1 aromatic heterocycles. The number of rotatable bonds is 4. The Labute approximate surface area is 132 Å². The van der Waals surface area contributed by atoms with Crippen molar-refractivity contribution < 1.29 is 13.2 Å². The first-order valence-corrected chi connectivity index (χ1v) is 7.92. The number of hydrogen-bond donors (Lipinski definition) is 1. The molecule has 6 nitrogen and oxygen atoms in total. The van der Waals surface area contributed by atoms with Crippen LogP contribution < -0.4 is 9.46 Å². The Bertz CT molecular complexity index is 781. The largest absolute Gasteiger partial charge is 0.496 e. The molecule has 1 N–H and O–H groups in total. The average Bonchev–Trinajstić information content (AvgIpc) is 2.43. The molecule has 0 amide bonds. The molecule has 21 heavy (non-hydrogen) atoms. The molecule has 0 radical (unpaired) electrons. The quantitative estimate of drug-likeness (QED) is 0.860. The van der Waals surface area contributed by atoms with E-state index in [1.807, 2.05) is 0 Å². The highest BCUT2D eigenvalue weighted by Crippen LogP contribution is 2.28. The van der Waals surface area contributed by atoms with Gasteiger partial charge in [-0.2, -0.15) is 0 Å². The van der Waals surface area contributed by atoms with Gasteiger partial charge in [0, 0.05) is 0 Å². The van der Waals surface area contributed by atoms with Crippen molar-refractivity contribution in [1.82, 2.24) is 9.97 Å². The van der Waals surface area contributed by atoms with E-state index in [2.05, 4.69) is 14.7 Å². The molecule has 2 aromatic rings. The second-order valence-electron chi connectivity index (χ2n) is 4.06. The van der Waals surface area contributed by atoms with Crippen LogP contribution in [-0.2, 0) is 10.0 Å². The molecule has 0 atom stereocenters. The fourth-order valence-corrected chi connectivity index (χ4v) is 3.06. The van der Waals surface area contributed by atoms with Crippen LogP contribution in [0.5, 0.6) is 5.75 Å². The van der Waals surface area contributed by atoms with Gasteiger partial charge in [-0.05, 0) is 30.7 Å². The van der Waals surface area contributed by atoms with Crippen molar-refractivity contribution in [3.8, 4) is 5.75 Å². The monoisotopic (exact) mass is 347 g/mol. The fraction of sp³-hybridized carbons (Fsp3) is 0.167. The molecule has 0 unspecified atom stereocenters. The van der Waals surface area contributed by atoms with Gasteiger partial charge in [-0.25, -0.2) is 18.4 Å². The number of sulfonamides is 1. The van der Waals surface area contributed by atoms with Crippen LogP contribution >= 0.6 is 23.2 Å². The summed E-state index contributed by atoms with van der Waals surface area (Å²) in [7, 11) is -2.33. The lowest BCUT2D eigenvalue weighted by molar-refractivity contribution is 0.411. The minimum atomic E-state index is -3.84. The number of aromatic nitrogens is 2. The number of hydrogen-bond acceptors (Lipinski definition) is 5. The highest BCUT2D eigenvalue weighted by atomic mass is 35.5. The second-order valence-corrected chi connectivity index (χ2v) is 6.48. The van der Waals surface area contributed by atoms with E-state index in [9.17, 15) is 8.42 Å². The zero-order chi connectivity index (χ0) is 15.6. The van der Waals surface area contributed by atoms with Gasteiger partial charge in [0.05, 0.1) is 12.0 Å². The number of nitrogens with one attached hydrogen (secondary N) is 1. The van der Waals surface area contributed by atoms with Crippen molar-refractivity contribution in [2.24, 2.45) is 0 Å². The number of benzene rings is 1. The summed E-state index contributed by atoms with van der Waals surface area (Å²) >= 11 is 11.6. The molecule has 0 fully saturated rings. The number of aryl methyl sites for hydroxylation is 1. The molecule has 0 bridgehead atoms. The van der Waals surface area contributed by atoms with Crippen LogP contribution in [0.1, 0.15) is 5.56 Å². The molecule has 112 valence electrons. The van der Waals surface area contributed by atoms with Crippen molar-refractivity contribution in [3.63, 3.8) is 0 Å². The van der Waals surface area contributed by atoms with Gasteiger partial charge < -0.3 is 4.74 Å². The zero-order valence-corrected chi connectivity index (χ0v) is 13.4. The van der Waals surface area contributed by atoms with Gasteiger partial charge in [-0.3, -0.25) is 4.72 Å². The molecule has 1 aromatic carbocycles. The minimum absolute atomic E-state index is 0.0321. The predicted molar refractivity (Wildman–Crippen MR) is 80.6 cm³/mol. The van der Waals surface area contributed by atoms with E-state index in [1.165, 1.54) is 19.2 Å². The maximum atomic E-state index is 12.3. The standard InChI is InChI=1S/C12H11Cl2N3O3S/c1-7-5-8(3-4-9(7)20-2)21(18,19)17-12-10(13)11(14)15-6-16-12/h3-6H,1-2H3,(H,15,16,17). The molecule has 1 heterocycles. The van der Waals surface area contributed by atoms with Crippen molar-refractivity contribution in [2.45, 2.75) is 11.8 Å². The molecule has 0 aliphatic carbocycles. The van der Waals surface area contributed by atoms with Gasteiger partial charge in [-0.15, -0.1) is 0 Å². The Balaban J connectivity index is 2.39. The summed E-state index contributed by atoms with van der Waals surface area (Å²) < 4.78 is 32.0. The number of anilines is 1. The third-order valence-corrected chi connectivity index (χ3v) is 4.73. The van der Waals surface area contributed by atoms with Crippen LogP contribution in [0.4, 0.5) is 5.82 Å². The average molecular weight is 348 g/mol. The van der Waals surface area contributed by atoms with E-state index in [1.54, 1.807) is 13.0 Å². The minimum Gasteiger partial charge on any atom is -0.496 e. The summed E-state index contributed by atoms with van der Waals surface area (Å²) in [5, 5.41) is -0.0942. The first-order chi connectivity index (χ1) is 9.85. The summed E-state index contributed by atoms with van der Waals surface area (Å²) in [5.41, 5.74) is 0.687. The first kappa shape index (κ1) is 15.8. The highest BCUT2D eigenvalue weighted by molar-refractivity contribution is 7.92. The van der Waals surface area contributed by atoms with Gasteiger partial charge >= 0.3 is 0 Å². The van der Waals surface area contributed by atoms with Gasteiger partial charge in [0.2, 0.25) is 0 Å². The maximum Gasteiger partial charge on any atom is 0.263 e. The van der Waals surface area contributed by atoms with E-state index in [4.69, 9.17) is 27.9 Å². The van der Waals surface area contributed by atoms with Crippen LogP contribution in [0, 0.1) is 6.92 Å². The molecule has 0 aliphatic heterocycles. The van der Waals surface area contributed by atoms with E-state index >= 15 is 0 Å². The van der Waals surface area contributed by atoms with E-state index in [0.717, 1.165) is 6.33 Å². The van der Waals surface area contributed by atoms with Crippen LogP contribution in [0.25, 0.3) is 0 Å². The molecule has 0 aliphatic rings. The Morgan fingerprint density at radius 3 is 2.57 bits per heavy atom. The van der Waals surface area contributed by atoms with Crippen LogP contribution in [0.3, 0.4) is 0 Å². The third kappa shape index (κ3) is 3.37. The molecule has 0 saturated carbocycles. The van der Waals surface area contributed by atoms with Crippen molar-refractivity contribution in [3.05, 3.63) is 40.3 Å². The Hall–Kier alpha value is -1.57. The fourth-order valence-electron chi connectivity index (χ4n) is 1.62. The molecular weight excluding hydrogens is 337 g/mol. The number of halogens is 2.